The quantitative estimate of drug-likeness (QED) is 0.793. The number of nitrogens with one attached hydrogen (secondary N) is 3. The highest BCUT2D eigenvalue weighted by atomic mass is 32.1. The van der Waals surface area contributed by atoms with Crippen LogP contribution in [0, 0.1) is 6.92 Å². The number of carbonyl (C=O) groups excluding carboxylic acids is 2. The maximum atomic E-state index is 12.0. The Bertz CT molecular complexity index is 640. The van der Waals surface area contributed by atoms with Gasteiger partial charge in [-0.15, -0.1) is 11.3 Å². The van der Waals surface area contributed by atoms with E-state index in [1.54, 1.807) is 30.4 Å². The normalized spacial score (nSPS) is 11.5. The summed E-state index contributed by atoms with van der Waals surface area (Å²) in [6.07, 6.45) is 0. The Balaban J connectivity index is 1.78. The number of hydrogen-bond acceptors (Lipinski definition) is 3. The maximum Gasteiger partial charge on any atom is 0.315 e. The van der Waals surface area contributed by atoms with Gasteiger partial charge in [0.25, 0.3) is 0 Å². The average molecular weight is 317 g/mol. The van der Waals surface area contributed by atoms with Crippen molar-refractivity contribution in [2.45, 2.75) is 26.4 Å². The second kappa shape index (κ2) is 7.61. The molecule has 0 bridgehead atoms. The van der Waals surface area contributed by atoms with Crippen LogP contribution in [0.3, 0.4) is 0 Å². The molecule has 22 heavy (non-hydrogen) atoms. The van der Waals surface area contributed by atoms with E-state index >= 15 is 0 Å². The van der Waals surface area contributed by atoms with Gasteiger partial charge in [-0.1, -0.05) is 18.2 Å². The Morgan fingerprint density at radius 3 is 2.55 bits per heavy atom. The molecule has 0 spiro atoms. The number of amides is 3. The molecule has 0 radical (unpaired) electrons. The molecule has 2 rings (SSSR count). The van der Waals surface area contributed by atoms with E-state index in [9.17, 15) is 9.59 Å². The number of anilines is 1. The van der Waals surface area contributed by atoms with Crippen molar-refractivity contribution >= 4 is 29.0 Å². The van der Waals surface area contributed by atoms with Gasteiger partial charge in [-0.2, -0.15) is 0 Å². The van der Waals surface area contributed by atoms with Gasteiger partial charge < -0.3 is 16.0 Å². The van der Waals surface area contributed by atoms with Crippen molar-refractivity contribution in [2.75, 3.05) is 5.32 Å². The first-order valence-electron chi connectivity index (χ1n) is 6.99. The summed E-state index contributed by atoms with van der Waals surface area (Å²) in [6.45, 7) is 4.11. The minimum Gasteiger partial charge on any atom is -0.333 e. The smallest absolute Gasteiger partial charge is 0.315 e. The van der Waals surface area contributed by atoms with Gasteiger partial charge in [-0.25, -0.2) is 4.79 Å². The molecule has 0 aliphatic heterocycles. The predicted molar refractivity (Wildman–Crippen MR) is 89.0 cm³/mol. The zero-order chi connectivity index (χ0) is 15.9. The lowest BCUT2D eigenvalue weighted by Gasteiger charge is -2.14. The van der Waals surface area contributed by atoms with Crippen molar-refractivity contribution in [2.24, 2.45) is 0 Å². The summed E-state index contributed by atoms with van der Waals surface area (Å²) in [5.41, 5.74) is 1.86. The molecular formula is C16H19N3O2S. The van der Waals surface area contributed by atoms with Crippen molar-refractivity contribution in [3.63, 3.8) is 0 Å². The topological polar surface area (TPSA) is 70.2 Å². The fraction of sp³-hybridized carbons (Fsp3) is 0.250. The fourth-order valence-electron chi connectivity index (χ4n) is 1.83. The fourth-order valence-corrected chi connectivity index (χ4v) is 2.68. The van der Waals surface area contributed by atoms with E-state index < -0.39 is 6.04 Å². The van der Waals surface area contributed by atoms with E-state index in [0.29, 0.717) is 12.2 Å². The van der Waals surface area contributed by atoms with Gasteiger partial charge in [0.15, 0.2) is 0 Å². The zero-order valence-corrected chi connectivity index (χ0v) is 13.4. The highest BCUT2D eigenvalue weighted by molar-refractivity contribution is 7.10. The average Bonchev–Trinajstić information content (AvgIpc) is 2.91. The monoisotopic (exact) mass is 317 g/mol. The van der Waals surface area contributed by atoms with Gasteiger partial charge in [-0.3, -0.25) is 4.79 Å². The summed E-state index contributed by atoms with van der Waals surface area (Å²) in [4.78, 5) is 24.9. The molecule has 0 saturated heterocycles. The zero-order valence-electron chi connectivity index (χ0n) is 12.6. The highest BCUT2D eigenvalue weighted by Crippen LogP contribution is 2.14. The van der Waals surface area contributed by atoms with Gasteiger partial charge in [0, 0.05) is 10.6 Å². The number of para-hydroxylation sites is 1. The van der Waals surface area contributed by atoms with Crippen LogP contribution in [-0.2, 0) is 11.3 Å². The molecule has 1 aromatic heterocycles. The second-order valence-electron chi connectivity index (χ2n) is 4.93. The first-order valence-corrected chi connectivity index (χ1v) is 7.87. The second-order valence-corrected chi connectivity index (χ2v) is 5.93. The van der Waals surface area contributed by atoms with E-state index in [2.05, 4.69) is 16.0 Å². The summed E-state index contributed by atoms with van der Waals surface area (Å²) in [5.74, 6) is -0.256. The van der Waals surface area contributed by atoms with E-state index in [1.165, 1.54) is 0 Å². The van der Waals surface area contributed by atoms with Crippen LogP contribution in [0.5, 0.6) is 0 Å². The number of carbonyl (C=O) groups is 2. The molecule has 0 saturated carbocycles. The van der Waals surface area contributed by atoms with Crippen molar-refractivity contribution in [3.8, 4) is 0 Å². The van der Waals surface area contributed by atoms with Crippen LogP contribution in [0.2, 0.25) is 0 Å². The summed E-state index contributed by atoms with van der Waals surface area (Å²) in [5, 5.41) is 10.1. The molecular weight excluding hydrogens is 298 g/mol. The lowest BCUT2D eigenvalue weighted by Crippen LogP contribution is -2.46. The van der Waals surface area contributed by atoms with Crippen LogP contribution in [0.25, 0.3) is 0 Å². The van der Waals surface area contributed by atoms with Gasteiger partial charge in [-0.05, 0) is 43.0 Å². The van der Waals surface area contributed by atoms with Crippen molar-refractivity contribution in [3.05, 3.63) is 52.2 Å². The van der Waals surface area contributed by atoms with E-state index in [-0.39, 0.29) is 11.9 Å². The number of aryl methyl sites for hydroxylation is 1. The molecule has 3 N–H and O–H groups in total. The third-order valence-electron chi connectivity index (χ3n) is 3.16. The van der Waals surface area contributed by atoms with Gasteiger partial charge in [0.05, 0.1) is 6.54 Å². The molecule has 6 heteroatoms. The first kappa shape index (κ1) is 16.0. The summed E-state index contributed by atoms with van der Waals surface area (Å²) in [6, 6.07) is 10.2. The maximum absolute atomic E-state index is 12.0. The lowest BCUT2D eigenvalue weighted by molar-refractivity contribution is -0.117. The highest BCUT2D eigenvalue weighted by Gasteiger charge is 2.15. The predicted octanol–water partition coefficient (Wildman–Crippen LogP) is 2.88. The largest absolute Gasteiger partial charge is 0.333 e. The van der Waals surface area contributed by atoms with E-state index in [0.717, 1.165) is 10.4 Å². The molecule has 3 amide bonds. The minimum absolute atomic E-state index is 0.256. The lowest BCUT2D eigenvalue weighted by atomic mass is 10.2. The van der Waals surface area contributed by atoms with Crippen molar-refractivity contribution in [1.29, 1.82) is 0 Å². The third kappa shape index (κ3) is 4.60. The van der Waals surface area contributed by atoms with Gasteiger partial charge in [0.2, 0.25) is 5.91 Å². The van der Waals surface area contributed by atoms with Crippen LogP contribution in [0.15, 0.2) is 41.8 Å². The molecule has 0 fully saturated rings. The molecule has 5 nitrogen and oxygen atoms in total. The van der Waals surface area contributed by atoms with Crippen LogP contribution >= 0.6 is 11.3 Å². The number of hydrogen-bond donors (Lipinski definition) is 3. The molecule has 1 atom stereocenters. The molecule has 0 aliphatic carbocycles. The SMILES string of the molecule is Cc1ccsc1CNC(=O)NC(C)C(=O)Nc1ccccc1. The van der Waals surface area contributed by atoms with Gasteiger partial charge >= 0.3 is 6.03 Å². The van der Waals surface area contributed by atoms with Crippen molar-refractivity contribution in [1.82, 2.24) is 10.6 Å². The Kier molecular flexibility index (Phi) is 5.55. The van der Waals surface area contributed by atoms with E-state index in [1.807, 2.05) is 36.6 Å². The van der Waals surface area contributed by atoms with Crippen LogP contribution < -0.4 is 16.0 Å². The Morgan fingerprint density at radius 2 is 1.91 bits per heavy atom. The standard InChI is InChI=1S/C16H19N3O2S/c1-11-8-9-22-14(11)10-17-16(21)18-12(2)15(20)19-13-6-4-3-5-7-13/h3-9,12H,10H2,1-2H3,(H,19,20)(H2,17,18,21). The molecule has 1 unspecified atom stereocenters. The molecule has 2 aromatic rings. The molecule has 0 aliphatic rings. The van der Waals surface area contributed by atoms with E-state index in [4.69, 9.17) is 0 Å². The number of thiophene rings is 1. The molecule has 116 valence electrons. The number of benzene rings is 1. The Hall–Kier alpha value is -2.34. The summed E-state index contributed by atoms with van der Waals surface area (Å²) >= 11 is 1.60. The number of rotatable bonds is 5. The van der Waals surface area contributed by atoms with Crippen LogP contribution in [0.4, 0.5) is 10.5 Å². The third-order valence-corrected chi connectivity index (χ3v) is 4.18. The van der Waals surface area contributed by atoms with Crippen LogP contribution in [-0.4, -0.2) is 18.0 Å². The molecule has 1 heterocycles. The minimum atomic E-state index is -0.621. The summed E-state index contributed by atoms with van der Waals surface area (Å²) in [7, 11) is 0. The summed E-state index contributed by atoms with van der Waals surface area (Å²) < 4.78 is 0. The van der Waals surface area contributed by atoms with Gasteiger partial charge in [0.1, 0.15) is 6.04 Å². The Morgan fingerprint density at radius 1 is 1.18 bits per heavy atom. The van der Waals surface area contributed by atoms with Crippen molar-refractivity contribution < 1.29 is 9.59 Å². The number of urea groups is 1. The molecule has 1 aromatic carbocycles. The first-order chi connectivity index (χ1) is 10.6. The Labute approximate surface area is 133 Å². The van der Waals surface area contributed by atoms with Crippen LogP contribution in [0.1, 0.15) is 17.4 Å².